The Kier molecular flexibility index (Phi) is 8.02. The van der Waals surface area contributed by atoms with E-state index in [1.165, 1.54) is 0 Å². The van der Waals surface area contributed by atoms with E-state index in [1.54, 1.807) is 0 Å². The number of hydrogen-bond acceptors (Lipinski definition) is 4. The minimum atomic E-state index is -1.07. The molecule has 2 aromatic rings. The molecular formula is C22H28N2O4. The van der Waals surface area contributed by atoms with Crippen molar-refractivity contribution >= 4 is 17.6 Å². The molecule has 0 fully saturated rings. The Morgan fingerprint density at radius 2 is 1.43 bits per heavy atom. The Balaban J connectivity index is 2.22. The fourth-order valence-electron chi connectivity index (χ4n) is 3.08. The Morgan fingerprint density at radius 1 is 0.893 bits per heavy atom. The highest BCUT2D eigenvalue weighted by Gasteiger charge is 2.28. The number of carbonyl (C=O) groups is 2. The summed E-state index contributed by atoms with van der Waals surface area (Å²) in [5.41, 5.74) is 1.93. The van der Waals surface area contributed by atoms with E-state index in [2.05, 4.69) is 5.32 Å². The largest absolute Gasteiger partial charge is 0.480 e. The van der Waals surface area contributed by atoms with Gasteiger partial charge in [-0.1, -0.05) is 62.4 Å². The third kappa shape index (κ3) is 6.70. The normalized spacial score (nSPS) is 13.1. The lowest BCUT2D eigenvalue weighted by Crippen LogP contribution is -2.52. The van der Waals surface area contributed by atoms with Crippen molar-refractivity contribution in [1.82, 2.24) is 5.32 Å². The van der Waals surface area contributed by atoms with Crippen molar-refractivity contribution in [2.24, 2.45) is 5.92 Å². The minimum Gasteiger partial charge on any atom is -0.480 e. The van der Waals surface area contributed by atoms with Crippen LogP contribution in [-0.4, -0.2) is 40.8 Å². The predicted molar refractivity (Wildman–Crippen MR) is 109 cm³/mol. The van der Waals surface area contributed by atoms with Gasteiger partial charge >= 0.3 is 11.9 Å². The number of rotatable bonds is 11. The minimum absolute atomic E-state index is 0.137. The van der Waals surface area contributed by atoms with Crippen molar-refractivity contribution in [3.8, 4) is 0 Å². The van der Waals surface area contributed by atoms with Crippen LogP contribution in [0.1, 0.15) is 25.8 Å². The van der Waals surface area contributed by atoms with E-state index in [9.17, 15) is 19.8 Å². The fourth-order valence-corrected chi connectivity index (χ4v) is 3.08. The molecule has 28 heavy (non-hydrogen) atoms. The molecule has 2 rings (SSSR count). The average molecular weight is 384 g/mol. The van der Waals surface area contributed by atoms with Crippen molar-refractivity contribution in [2.45, 2.75) is 38.9 Å². The van der Waals surface area contributed by atoms with Gasteiger partial charge in [-0.25, -0.2) is 0 Å². The Labute approximate surface area is 165 Å². The Bertz CT molecular complexity index is 750. The van der Waals surface area contributed by atoms with Crippen molar-refractivity contribution in [3.05, 3.63) is 66.2 Å². The zero-order valence-corrected chi connectivity index (χ0v) is 16.3. The van der Waals surface area contributed by atoms with Crippen LogP contribution in [0.3, 0.4) is 0 Å². The number of para-hydroxylation sites is 1. The molecule has 2 atom stereocenters. The van der Waals surface area contributed by atoms with Gasteiger partial charge in [0.15, 0.2) is 0 Å². The molecule has 0 saturated carbocycles. The summed E-state index contributed by atoms with van der Waals surface area (Å²) in [6.45, 7) is 4.51. The number of benzene rings is 2. The van der Waals surface area contributed by atoms with Gasteiger partial charge in [0.2, 0.25) is 0 Å². The lowest BCUT2D eigenvalue weighted by molar-refractivity contribution is -0.142. The smallest absolute Gasteiger partial charge is 0.322 e. The molecule has 3 N–H and O–H groups in total. The third-order valence-electron chi connectivity index (χ3n) is 4.45. The monoisotopic (exact) mass is 384 g/mol. The van der Waals surface area contributed by atoms with Crippen LogP contribution in [0.4, 0.5) is 5.69 Å². The van der Waals surface area contributed by atoms with E-state index in [4.69, 9.17) is 0 Å². The van der Waals surface area contributed by atoms with Crippen LogP contribution in [0.5, 0.6) is 0 Å². The maximum absolute atomic E-state index is 11.9. The van der Waals surface area contributed by atoms with Gasteiger partial charge in [-0.05, 0) is 30.0 Å². The van der Waals surface area contributed by atoms with Gasteiger partial charge in [0, 0.05) is 18.8 Å². The lowest BCUT2D eigenvalue weighted by atomic mass is 10.0. The molecule has 0 bridgehead atoms. The molecule has 0 saturated heterocycles. The maximum Gasteiger partial charge on any atom is 0.322 e. The van der Waals surface area contributed by atoms with Gasteiger partial charge in [0.05, 0.1) is 0 Å². The summed E-state index contributed by atoms with van der Waals surface area (Å²) in [5.74, 6) is -1.96. The van der Waals surface area contributed by atoms with E-state index in [-0.39, 0.29) is 12.5 Å². The van der Waals surface area contributed by atoms with E-state index in [0.717, 1.165) is 11.3 Å². The fraction of sp³-hybridized carbons (Fsp3) is 0.364. The number of carboxylic acids is 2. The molecule has 0 heterocycles. The summed E-state index contributed by atoms with van der Waals surface area (Å²) in [7, 11) is 0. The molecule has 0 spiro atoms. The molecule has 0 aliphatic rings. The van der Waals surface area contributed by atoms with Crippen LogP contribution in [-0.2, 0) is 16.1 Å². The van der Waals surface area contributed by atoms with E-state index in [0.29, 0.717) is 13.0 Å². The topological polar surface area (TPSA) is 89.9 Å². The third-order valence-corrected chi connectivity index (χ3v) is 4.45. The molecule has 0 radical (unpaired) electrons. The zero-order valence-electron chi connectivity index (χ0n) is 16.3. The number of anilines is 1. The SMILES string of the molecule is CC(C)CC(NC(CN(Cc1ccccc1)c1ccccc1)C(=O)O)C(=O)O. The van der Waals surface area contributed by atoms with Gasteiger partial charge in [0.25, 0.3) is 0 Å². The lowest BCUT2D eigenvalue weighted by Gasteiger charge is -2.30. The second-order valence-corrected chi connectivity index (χ2v) is 7.28. The number of nitrogens with zero attached hydrogens (tertiary/aromatic N) is 1. The first-order valence-corrected chi connectivity index (χ1v) is 9.42. The van der Waals surface area contributed by atoms with Gasteiger partial charge in [-0.3, -0.25) is 14.9 Å². The molecule has 0 amide bonds. The molecule has 150 valence electrons. The van der Waals surface area contributed by atoms with Crippen LogP contribution in [0.15, 0.2) is 60.7 Å². The molecule has 6 nitrogen and oxygen atoms in total. The molecule has 0 aliphatic heterocycles. The van der Waals surface area contributed by atoms with E-state index in [1.807, 2.05) is 79.4 Å². The number of hydrogen-bond donors (Lipinski definition) is 3. The van der Waals surface area contributed by atoms with Crippen LogP contribution in [0, 0.1) is 5.92 Å². The molecule has 0 aromatic heterocycles. The van der Waals surface area contributed by atoms with Crippen LogP contribution >= 0.6 is 0 Å². The highest BCUT2D eigenvalue weighted by Crippen LogP contribution is 2.18. The quantitative estimate of drug-likeness (QED) is 0.551. The second-order valence-electron chi connectivity index (χ2n) is 7.28. The molecule has 6 heteroatoms. The van der Waals surface area contributed by atoms with Crippen molar-refractivity contribution in [1.29, 1.82) is 0 Å². The van der Waals surface area contributed by atoms with E-state index < -0.39 is 24.0 Å². The van der Waals surface area contributed by atoms with Crippen molar-refractivity contribution in [2.75, 3.05) is 11.4 Å². The summed E-state index contributed by atoms with van der Waals surface area (Å²) in [4.78, 5) is 25.4. The predicted octanol–water partition coefficient (Wildman–Crippen LogP) is 3.24. The maximum atomic E-state index is 11.9. The first kappa shape index (κ1) is 21.4. The highest BCUT2D eigenvalue weighted by atomic mass is 16.4. The molecule has 2 aromatic carbocycles. The zero-order chi connectivity index (χ0) is 20.5. The molecule has 2 unspecified atom stereocenters. The summed E-state index contributed by atoms with van der Waals surface area (Å²) in [5, 5.41) is 22.0. The van der Waals surface area contributed by atoms with Crippen molar-refractivity contribution < 1.29 is 19.8 Å². The van der Waals surface area contributed by atoms with Crippen molar-refractivity contribution in [3.63, 3.8) is 0 Å². The van der Waals surface area contributed by atoms with Gasteiger partial charge in [-0.15, -0.1) is 0 Å². The first-order chi connectivity index (χ1) is 13.4. The summed E-state index contributed by atoms with van der Waals surface area (Å²) < 4.78 is 0. The van der Waals surface area contributed by atoms with Gasteiger partial charge < -0.3 is 15.1 Å². The Morgan fingerprint density at radius 3 is 1.93 bits per heavy atom. The summed E-state index contributed by atoms with van der Waals surface area (Å²) >= 11 is 0. The van der Waals surface area contributed by atoms with Gasteiger partial charge in [0.1, 0.15) is 12.1 Å². The van der Waals surface area contributed by atoms with Gasteiger partial charge in [-0.2, -0.15) is 0 Å². The van der Waals surface area contributed by atoms with Crippen LogP contribution in [0.25, 0.3) is 0 Å². The highest BCUT2D eigenvalue weighted by molar-refractivity contribution is 5.78. The average Bonchev–Trinajstić information content (AvgIpc) is 2.67. The van der Waals surface area contributed by atoms with Crippen LogP contribution < -0.4 is 10.2 Å². The second kappa shape index (κ2) is 10.5. The molecular weight excluding hydrogens is 356 g/mol. The summed E-state index contributed by atoms with van der Waals surface area (Å²) in [6, 6.07) is 17.4. The Hall–Kier alpha value is -2.86. The molecule has 0 aliphatic carbocycles. The standard InChI is InChI=1S/C22H28N2O4/c1-16(2)13-19(21(25)26)23-20(22(27)28)15-24(18-11-7-4-8-12-18)14-17-9-5-3-6-10-17/h3-12,16,19-20,23H,13-15H2,1-2H3,(H,25,26)(H,27,28). The number of nitrogens with one attached hydrogen (secondary N) is 1. The number of carboxylic acid groups (broad SMARTS) is 2. The number of aliphatic carboxylic acids is 2. The van der Waals surface area contributed by atoms with Crippen LogP contribution in [0.2, 0.25) is 0 Å². The summed E-state index contributed by atoms with van der Waals surface area (Å²) in [6.07, 6.45) is 0.364. The van der Waals surface area contributed by atoms with E-state index >= 15 is 0 Å². The first-order valence-electron chi connectivity index (χ1n) is 9.42.